The van der Waals surface area contributed by atoms with Crippen LogP contribution in [0.25, 0.3) is 0 Å². The number of halogens is 3. The standard InChI is InChI=1S/C14H20F3NO/c1-10(2)13(18)5-3-4-11-6-8-12(9-7-11)19-14(15,16)17/h6-10,13H,3-5,18H2,1-2H3. The number of alkyl halides is 3. The van der Waals surface area contributed by atoms with Crippen molar-refractivity contribution in [2.75, 3.05) is 0 Å². The summed E-state index contributed by atoms with van der Waals surface area (Å²) in [6.07, 6.45) is -1.98. The van der Waals surface area contributed by atoms with Gasteiger partial charge in [-0.3, -0.25) is 0 Å². The van der Waals surface area contributed by atoms with E-state index >= 15 is 0 Å². The van der Waals surface area contributed by atoms with Crippen molar-refractivity contribution in [3.8, 4) is 5.75 Å². The quantitative estimate of drug-likeness (QED) is 0.854. The number of nitrogens with two attached hydrogens (primary N) is 1. The van der Waals surface area contributed by atoms with E-state index in [1.54, 1.807) is 12.1 Å². The lowest BCUT2D eigenvalue weighted by atomic mass is 9.98. The summed E-state index contributed by atoms with van der Waals surface area (Å²) < 4.78 is 39.7. The van der Waals surface area contributed by atoms with Gasteiger partial charge in [0.25, 0.3) is 0 Å². The predicted octanol–water partition coefficient (Wildman–Crippen LogP) is 3.89. The molecule has 5 heteroatoms. The first kappa shape index (κ1) is 15.8. The molecule has 0 aliphatic heterocycles. The van der Waals surface area contributed by atoms with Crippen LogP contribution in [0.3, 0.4) is 0 Å². The summed E-state index contributed by atoms with van der Waals surface area (Å²) in [4.78, 5) is 0. The SMILES string of the molecule is CC(C)C(N)CCCc1ccc(OC(F)(F)F)cc1. The molecule has 0 spiro atoms. The molecule has 0 bridgehead atoms. The molecule has 0 saturated carbocycles. The summed E-state index contributed by atoms with van der Waals surface area (Å²) in [5.41, 5.74) is 6.92. The molecule has 0 heterocycles. The predicted molar refractivity (Wildman–Crippen MR) is 68.9 cm³/mol. The first-order valence-electron chi connectivity index (χ1n) is 6.38. The zero-order valence-electron chi connectivity index (χ0n) is 11.2. The molecule has 19 heavy (non-hydrogen) atoms. The van der Waals surface area contributed by atoms with Crippen LogP contribution in [0.4, 0.5) is 13.2 Å². The van der Waals surface area contributed by atoms with Crippen molar-refractivity contribution >= 4 is 0 Å². The van der Waals surface area contributed by atoms with Crippen LogP contribution in [0.2, 0.25) is 0 Å². The lowest BCUT2D eigenvalue weighted by Crippen LogP contribution is -2.26. The number of aryl methyl sites for hydroxylation is 1. The summed E-state index contributed by atoms with van der Waals surface area (Å²) in [6, 6.07) is 6.16. The molecule has 0 amide bonds. The molecule has 108 valence electrons. The zero-order valence-corrected chi connectivity index (χ0v) is 11.2. The molecule has 1 rings (SSSR count). The Kier molecular flexibility index (Phi) is 5.66. The Bertz CT molecular complexity index is 373. The minimum atomic E-state index is -4.63. The molecule has 0 aromatic heterocycles. The van der Waals surface area contributed by atoms with Gasteiger partial charge in [0.05, 0.1) is 0 Å². The number of rotatable bonds is 6. The van der Waals surface area contributed by atoms with Crippen LogP contribution in [0, 0.1) is 5.92 Å². The Balaban J connectivity index is 2.40. The van der Waals surface area contributed by atoms with Crippen molar-refractivity contribution in [1.82, 2.24) is 0 Å². The smallest absolute Gasteiger partial charge is 0.406 e. The maximum absolute atomic E-state index is 12.0. The van der Waals surface area contributed by atoms with Gasteiger partial charge in [-0.15, -0.1) is 13.2 Å². The van der Waals surface area contributed by atoms with E-state index in [-0.39, 0.29) is 11.8 Å². The van der Waals surface area contributed by atoms with E-state index in [1.807, 2.05) is 0 Å². The first-order valence-corrected chi connectivity index (χ1v) is 6.38. The second kappa shape index (κ2) is 6.80. The van der Waals surface area contributed by atoms with Crippen molar-refractivity contribution < 1.29 is 17.9 Å². The maximum atomic E-state index is 12.0. The summed E-state index contributed by atoms with van der Waals surface area (Å²) in [5.74, 6) is 0.262. The summed E-state index contributed by atoms with van der Waals surface area (Å²) in [6.45, 7) is 4.15. The first-order chi connectivity index (χ1) is 8.78. The van der Waals surface area contributed by atoms with Gasteiger partial charge in [0.15, 0.2) is 0 Å². The second-order valence-electron chi connectivity index (χ2n) is 4.99. The fraction of sp³-hybridized carbons (Fsp3) is 0.571. The van der Waals surface area contributed by atoms with Crippen LogP contribution < -0.4 is 10.5 Å². The summed E-state index contributed by atoms with van der Waals surface area (Å²) in [7, 11) is 0. The molecule has 0 radical (unpaired) electrons. The number of benzene rings is 1. The Hall–Kier alpha value is -1.23. The minimum absolute atomic E-state index is 0.174. The molecule has 0 fully saturated rings. The maximum Gasteiger partial charge on any atom is 0.573 e. The molecular weight excluding hydrogens is 255 g/mol. The zero-order chi connectivity index (χ0) is 14.5. The molecule has 2 N–H and O–H groups in total. The molecule has 0 saturated heterocycles. The van der Waals surface area contributed by atoms with Gasteiger partial charge < -0.3 is 10.5 Å². The Morgan fingerprint density at radius 2 is 1.74 bits per heavy atom. The lowest BCUT2D eigenvalue weighted by molar-refractivity contribution is -0.274. The van der Waals surface area contributed by atoms with Crippen molar-refractivity contribution in [2.24, 2.45) is 11.7 Å². The van der Waals surface area contributed by atoms with Gasteiger partial charge in [0.2, 0.25) is 0 Å². The summed E-state index contributed by atoms with van der Waals surface area (Å²) in [5, 5.41) is 0. The highest BCUT2D eigenvalue weighted by atomic mass is 19.4. The monoisotopic (exact) mass is 275 g/mol. The average Bonchev–Trinajstić information content (AvgIpc) is 2.29. The number of ether oxygens (including phenoxy) is 1. The fourth-order valence-electron chi connectivity index (χ4n) is 1.73. The van der Waals surface area contributed by atoms with Crippen molar-refractivity contribution in [3.05, 3.63) is 29.8 Å². The van der Waals surface area contributed by atoms with E-state index in [2.05, 4.69) is 18.6 Å². The van der Waals surface area contributed by atoms with Crippen LogP contribution in [0.15, 0.2) is 24.3 Å². The molecule has 1 aromatic carbocycles. The van der Waals surface area contributed by atoms with Crippen LogP contribution in [-0.2, 0) is 6.42 Å². The van der Waals surface area contributed by atoms with Crippen LogP contribution in [-0.4, -0.2) is 12.4 Å². The molecule has 1 aromatic rings. The molecule has 1 atom stereocenters. The molecule has 0 aliphatic carbocycles. The van der Waals surface area contributed by atoms with Crippen molar-refractivity contribution in [3.63, 3.8) is 0 Å². The molecule has 1 unspecified atom stereocenters. The molecular formula is C14H20F3NO. The van der Waals surface area contributed by atoms with Gasteiger partial charge in [-0.2, -0.15) is 0 Å². The largest absolute Gasteiger partial charge is 0.573 e. The fourth-order valence-corrected chi connectivity index (χ4v) is 1.73. The number of hydrogen-bond donors (Lipinski definition) is 1. The Morgan fingerprint density at radius 3 is 2.21 bits per heavy atom. The van der Waals surface area contributed by atoms with Crippen molar-refractivity contribution in [2.45, 2.75) is 45.5 Å². The molecule has 0 aliphatic rings. The van der Waals surface area contributed by atoms with E-state index in [9.17, 15) is 13.2 Å². The van der Waals surface area contributed by atoms with E-state index < -0.39 is 6.36 Å². The topological polar surface area (TPSA) is 35.2 Å². The third-order valence-electron chi connectivity index (χ3n) is 3.02. The van der Waals surface area contributed by atoms with E-state index in [1.165, 1.54) is 12.1 Å². The van der Waals surface area contributed by atoms with Crippen LogP contribution in [0.5, 0.6) is 5.75 Å². The van der Waals surface area contributed by atoms with Gasteiger partial charge in [0.1, 0.15) is 5.75 Å². The average molecular weight is 275 g/mol. The Morgan fingerprint density at radius 1 is 1.16 bits per heavy atom. The summed E-state index contributed by atoms with van der Waals surface area (Å²) >= 11 is 0. The molecule has 2 nitrogen and oxygen atoms in total. The third kappa shape index (κ3) is 6.47. The van der Waals surface area contributed by atoms with Gasteiger partial charge in [0, 0.05) is 6.04 Å². The van der Waals surface area contributed by atoms with Gasteiger partial charge in [-0.1, -0.05) is 26.0 Å². The van der Waals surface area contributed by atoms with E-state index in [4.69, 9.17) is 5.73 Å². The van der Waals surface area contributed by atoms with E-state index in [0.717, 1.165) is 24.8 Å². The Labute approximate surface area is 111 Å². The van der Waals surface area contributed by atoms with Gasteiger partial charge in [-0.25, -0.2) is 0 Å². The normalized spacial score (nSPS) is 13.6. The van der Waals surface area contributed by atoms with Crippen LogP contribution in [0.1, 0.15) is 32.3 Å². The van der Waals surface area contributed by atoms with Gasteiger partial charge >= 0.3 is 6.36 Å². The minimum Gasteiger partial charge on any atom is -0.406 e. The second-order valence-corrected chi connectivity index (χ2v) is 4.99. The van der Waals surface area contributed by atoms with Crippen molar-refractivity contribution in [1.29, 1.82) is 0 Å². The number of hydrogen-bond acceptors (Lipinski definition) is 2. The van der Waals surface area contributed by atoms with Gasteiger partial charge in [-0.05, 0) is 42.9 Å². The van der Waals surface area contributed by atoms with Crippen LogP contribution >= 0.6 is 0 Å². The lowest BCUT2D eigenvalue weighted by Gasteiger charge is -2.15. The highest BCUT2D eigenvalue weighted by Crippen LogP contribution is 2.23. The van der Waals surface area contributed by atoms with E-state index in [0.29, 0.717) is 5.92 Å². The highest BCUT2D eigenvalue weighted by molar-refractivity contribution is 5.27. The highest BCUT2D eigenvalue weighted by Gasteiger charge is 2.30. The third-order valence-corrected chi connectivity index (χ3v) is 3.02.